The highest BCUT2D eigenvalue weighted by Gasteiger charge is 2.18. The van der Waals surface area contributed by atoms with Crippen LogP contribution in [0.4, 0.5) is 4.39 Å². The summed E-state index contributed by atoms with van der Waals surface area (Å²) in [7, 11) is 0. The van der Waals surface area contributed by atoms with E-state index in [9.17, 15) is 14.6 Å². The SMILES string of the molecule is C=C(c1ccc(F)cc1)c1c(-c2ccc(O)cc2)sc2cc(O)ccc12. The van der Waals surface area contributed by atoms with E-state index in [1.807, 2.05) is 18.2 Å². The van der Waals surface area contributed by atoms with Crippen molar-refractivity contribution >= 4 is 27.0 Å². The first-order valence-electron chi connectivity index (χ1n) is 8.03. The molecule has 4 rings (SSSR count). The van der Waals surface area contributed by atoms with Gasteiger partial charge in [-0.1, -0.05) is 18.7 Å². The largest absolute Gasteiger partial charge is 0.508 e. The minimum Gasteiger partial charge on any atom is -0.508 e. The van der Waals surface area contributed by atoms with Gasteiger partial charge in [-0.05, 0) is 71.3 Å². The molecule has 0 unspecified atom stereocenters. The van der Waals surface area contributed by atoms with Crippen LogP contribution in [-0.2, 0) is 0 Å². The Morgan fingerprint density at radius 2 is 1.50 bits per heavy atom. The number of hydrogen-bond acceptors (Lipinski definition) is 3. The Labute approximate surface area is 154 Å². The minimum atomic E-state index is -0.291. The van der Waals surface area contributed by atoms with Crippen molar-refractivity contribution in [3.63, 3.8) is 0 Å². The van der Waals surface area contributed by atoms with Gasteiger partial charge in [0.15, 0.2) is 0 Å². The standard InChI is InChI=1S/C22H15FO2S/c1-13(14-2-6-16(23)7-3-14)21-19-11-10-18(25)12-20(19)26-22(21)15-4-8-17(24)9-5-15/h2-12,24-25H,1H2. The molecule has 26 heavy (non-hydrogen) atoms. The van der Waals surface area contributed by atoms with Crippen LogP contribution >= 0.6 is 11.3 Å². The van der Waals surface area contributed by atoms with Gasteiger partial charge in [0.1, 0.15) is 17.3 Å². The first kappa shape index (κ1) is 16.4. The van der Waals surface area contributed by atoms with Crippen LogP contribution in [0.25, 0.3) is 26.1 Å². The first-order valence-corrected chi connectivity index (χ1v) is 8.85. The van der Waals surface area contributed by atoms with E-state index in [2.05, 4.69) is 6.58 Å². The molecule has 0 bridgehead atoms. The van der Waals surface area contributed by atoms with Gasteiger partial charge in [-0.2, -0.15) is 0 Å². The summed E-state index contributed by atoms with van der Waals surface area (Å²) in [5.74, 6) is 0.113. The Hall–Kier alpha value is -3.11. The molecule has 0 aliphatic rings. The molecule has 0 atom stereocenters. The van der Waals surface area contributed by atoms with Crippen LogP contribution in [0.5, 0.6) is 11.5 Å². The molecule has 0 aliphatic carbocycles. The van der Waals surface area contributed by atoms with E-state index < -0.39 is 0 Å². The van der Waals surface area contributed by atoms with Crippen LogP contribution < -0.4 is 0 Å². The third-order valence-electron chi connectivity index (χ3n) is 4.30. The third kappa shape index (κ3) is 2.85. The molecule has 0 saturated carbocycles. The van der Waals surface area contributed by atoms with Gasteiger partial charge in [0.05, 0.1) is 0 Å². The molecule has 0 radical (unpaired) electrons. The highest BCUT2D eigenvalue weighted by Crippen LogP contribution is 2.44. The van der Waals surface area contributed by atoms with Gasteiger partial charge in [-0.25, -0.2) is 4.39 Å². The van der Waals surface area contributed by atoms with Crippen LogP contribution in [0.15, 0.2) is 73.3 Å². The van der Waals surface area contributed by atoms with Crippen molar-refractivity contribution in [2.45, 2.75) is 0 Å². The molecule has 4 aromatic rings. The predicted octanol–water partition coefficient (Wildman–Crippen LogP) is 6.18. The second-order valence-corrected chi connectivity index (χ2v) is 7.07. The summed E-state index contributed by atoms with van der Waals surface area (Å²) in [5, 5.41) is 20.4. The molecule has 0 aliphatic heterocycles. The number of phenols is 2. The van der Waals surface area contributed by atoms with E-state index in [0.717, 1.165) is 37.2 Å². The van der Waals surface area contributed by atoms with E-state index in [4.69, 9.17) is 0 Å². The molecular formula is C22H15FO2S. The number of benzene rings is 3. The van der Waals surface area contributed by atoms with Gasteiger partial charge in [0, 0.05) is 20.5 Å². The molecule has 0 spiro atoms. The van der Waals surface area contributed by atoms with Crippen molar-refractivity contribution in [2.24, 2.45) is 0 Å². The van der Waals surface area contributed by atoms with Crippen LogP contribution in [0.1, 0.15) is 11.1 Å². The number of aromatic hydroxyl groups is 2. The fourth-order valence-electron chi connectivity index (χ4n) is 3.00. The Kier molecular flexibility index (Phi) is 3.98. The Balaban J connectivity index is 1.96. The van der Waals surface area contributed by atoms with Crippen LogP contribution in [0.2, 0.25) is 0 Å². The lowest BCUT2D eigenvalue weighted by atomic mass is 9.94. The van der Waals surface area contributed by atoms with Crippen molar-refractivity contribution in [1.29, 1.82) is 0 Å². The zero-order valence-electron chi connectivity index (χ0n) is 13.7. The van der Waals surface area contributed by atoms with Gasteiger partial charge in [-0.3, -0.25) is 0 Å². The third-order valence-corrected chi connectivity index (χ3v) is 5.50. The molecular weight excluding hydrogens is 347 g/mol. The van der Waals surface area contributed by atoms with Crippen molar-refractivity contribution in [1.82, 2.24) is 0 Å². The molecule has 3 aromatic carbocycles. The highest BCUT2D eigenvalue weighted by molar-refractivity contribution is 7.22. The van der Waals surface area contributed by atoms with Gasteiger partial charge in [0.2, 0.25) is 0 Å². The maximum Gasteiger partial charge on any atom is 0.123 e. The Morgan fingerprint density at radius 3 is 2.19 bits per heavy atom. The zero-order valence-corrected chi connectivity index (χ0v) is 14.6. The number of fused-ring (bicyclic) bond motifs is 1. The van der Waals surface area contributed by atoms with Crippen LogP contribution in [0, 0.1) is 5.82 Å². The molecule has 4 heteroatoms. The maximum absolute atomic E-state index is 13.3. The quantitative estimate of drug-likeness (QED) is 0.457. The fraction of sp³-hybridized carbons (Fsp3) is 0. The lowest BCUT2D eigenvalue weighted by Crippen LogP contribution is -1.88. The van der Waals surface area contributed by atoms with Gasteiger partial charge in [0.25, 0.3) is 0 Å². The van der Waals surface area contributed by atoms with E-state index in [1.165, 1.54) is 12.1 Å². The van der Waals surface area contributed by atoms with Gasteiger partial charge < -0.3 is 10.2 Å². The number of halogens is 1. The van der Waals surface area contributed by atoms with Crippen molar-refractivity contribution in [3.05, 3.63) is 90.3 Å². The molecule has 0 saturated heterocycles. The lowest BCUT2D eigenvalue weighted by molar-refractivity contribution is 0.475. The summed E-state index contributed by atoms with van der Waals surface area (Å²) in [6.45, 7) is 4.25. The molecule has 2 nitrogen and oxygen atoms in total. The lowest BCUT2D eigenvalue weighted by Gasteiger charge is -2.10. The summed E-state index contributed by atoms with van der Waals surface area (Å²) in [5.41, 5.74) is 3.51. The molecule has 0 amide bonds. The number of phenolic OH excluding ortho intramolecular Hbond substituents is 2. The molecule has 1 heterocycles. The van der Waals surface area contributed by atoms with Gasteiger partial charge >= 0.3 is 0 Å². The predicted molar refractivity (Wildman–Crippen MR) is 105 cm³/mol. The second-order valence-electron chi connectivity index (χ2n) is 6.02. The number of thiophene rings is 1. The fourth-order valence-corrected chi connectivity index (χ4v) is 4.27. The van der Waals surface area contributed by atoms with Crippen molar-refractivity contribution in [3.8, 4) is 21.9 Å². The topological polar surface area (TPSA) is 40.5 Å². The Bertz CT molecular complexity index is 1110. The zero-order chi connectivity index (χ0) is 18.3. The number of hydrogen-bond donors (Lipinski definition) is 2. The molecule has 1 aromatic heterocycles. The highest BCUT2D eigenvalue weighted by atomic mass is 32.1. The van der Waals surface area contributed by atoms with E-state index >= 15 is 0 Å². The normalized spacial score (nSPS) is 11.0. The Morgan fingerprint density at radius 1 is 0.846 bits per heavy atom. The smallest absolute Gasteiger partial charge is 0.123 e. The molecule has 2 N–H and O–H groups in total. The average molecular weight is 362 g/mol. The summed E-state index contributed by atoms with van der Waals surface area (Å²) in [4.78, 5) is 0.986. The maximum atomic E-state index is 13.3. The summed E-state index contributed by atoms with van der Waals surface area (Å²) in [6.07, 6.45) is 0. The minimum absolute atomic E-state index is 0.200. The molecule has 0 fully saturated rings. The molecule has 128 valence electrons. The number of rotatable bonds is 3. The van der Waals surface area contributed by atoms with Crippen LogP contribution in [-0.4, -0.2) is 10.2 Å². The van der Waals surface area contributed by atoms with Crippen molar-refractivity contribution < 1.29 is 14.6 Å². The van der Waals surface area contributed by atoms with Gasteiger partial charge in [-0.15, -0.1) is 11.3 Å². The first-order chi connectivity index (χ1) is 12.5. The summed E-state index contributed by atoms with van der Waals surface area (Å²) >= 11 is 1.55. The van der Waals surface area contributed by atoms with Crippen LogP contribution in [0.3, 0.4) is 0 Å². The van der Waals surface area contributed by atoms with E-state index in [1.54, 1.807) is 47.7 Å². The van der Waals surface area contributed by atoms with Crippen molar-refractivity contribution in [2.75, 3.05) is 0 Å². The summed E-state index contributed by atoms with van der Waals surface area (Å²) < 4.78 is 14.2. The summed E-state index contributed by atoms with van der Waals surface area (Å²) in [6, 6.07) is 18.5. The van der Waals surface area contributed by atoms with E-state index in [-0.39, 0.29) is 17.3 Å². The second kappa shape index (κ2) is 6.32. The van der Waals surface area contributed by atoms with E-state index in [0.29, 0.717) is 0 Å². The monoisotopic (exact) mass is 362 g/mol. The average Bonchev–Trinajstić information content (AvgIpc) is 3.00.